The fraction of sp³-hybridized carbons (Fsp3) is 0.333. The minimum atomic E-state index is -2.92. The van der Waals surface area contributed by atoms with E-state index in [2.05, 4.69) is 21.1 Å². The lowest BCUT2D eigenvalue weighted by Crippen LogP contribution is -2.22. The number of halogens is 2. The third-order valence-electron chi connectivity index (χ3n) is 5.18. The zero-order chi connectivity index (χ0) is 20.2. The SMILES string of the molecule is CC(F)(F)Cn1c(Cn2ccc(C3CC3)n2)nc2cnc3ccc(C#N)cc3c21. The first-order valence-electron chi connectivity index (χ1n) is 9.50. The smallest absolute Gasteiger partial charge is 0.262 e. The van der Waals surface area contributed by atoms with E-state index in [-0.39, 0.29) is 6.54 Å². The van der Waals surface area contributed by atoms with Crippen LogP contribution in [0.25, 0.3) is 21.9 Å². The fourth-order valence-corrected chi connectivity index (χ4v) is 3.71. The molecule has 1 aliphatic rings. The molecule has 0 atom stereocenters. The Labute approximate surface area is 165 Å². The molecule has 3 heterocycles. The van der Waals surface area contributed by atoms with Crippen LogP contribution in [0.3, 0.4) is 0 Å². The number of hydrogen-bond acceptors (Lipinski definition) is 4. The largest absolute Gasteiger partial charge is 0.320 e. The molecule has 1 saturated carbocycles. The molecule has 1 fully saturated rings. The van der Waals surface area contributed by atoms with Gasteiger partial charge in [-0.3, -0.25) is 9.67 Å². The Morgan fingerprint density at radius 3 is 2.79 bits per heavy atom. The third-order valence-corrected chi connectivity index (χ3v) is 5.18. The first-order chi connectivity index (χ1) is 13.9. The highest BCUT2D eigenvalue weighted by Crippen LogP contribution is 2.39. The van der Waals surface area contributed by atoms with Crippen molar-refractivity contribution in [2.45, 2.75) is 44.7 Å². The summed E-state index contributed by atoms with van der Waals surface area (Å²) in [6, 6.07) is 9.15. The van der Waals surface area contributed by atoms with E-state index in [1.807, 2.05) is 12.3 Å². The highest BCUT2D eigenvalue weighted by molar-refractivity contribution is 6.02. The summed E-state index contributed by atoms with van der Waals surface area (Å²) in [5.41, 5.74) is 3.23. The molecule has 0 aliphatic heterocycles. The van der Waals surface area contributed by atoms with Crippen LogP contribution in [-0.2, 0) is 13.1 Å². The summed E-state index contributed by atoms with van der Waals surface area (Å²) in [4.78, 5) is 8.97. The molecule has 5 rings (SSSR count). The van der Waals surface area contributed by atoms with Crippen LogP contribution in [0.1, 0.15) is 42.8 Å². The van der Waals surface area contributed by atoms with Gasteiger partial charge in [-0.25, -0.2) is 13.8 Å². The Morgan fingerprint density at radius 1 is 1.24 bits per heavy atom. The Bertz CT molecular complexity index is 1270. The fourth-order valence-electron chi connectivity index (χ4n) is 3.71. The lowest BCUT2D eigenvalue weighted by molar-refractivity contribution is 0.00419. The van der Waals surface area contributed by atoms with Crippen molar-refractivity contribution >= 4 is 21.9 Å². The van der Waals surface area contributed by atoms with Gasteiger partial charge in [-0.2, -0.15) is 10.4 Å². The van der Waals surface area contributed by atoms with Crippen molar-refractivity contribution in [1.29, 1.82) is 5.26 Å². The van der Waals surface area contributed by atoms with Gasteiger partial charge in [0.2, 0.25) is 0 Å². The molecule has 0 spiro atoms. The van der Waals surface area contributed by atoms with Crippen molar-refractivity contribution in [3.63, 3.8) is 0 Å². The number of nitriles is 1. The van der Waals surface area contributed by atoms with Crippen molar-refractivity contribution < 1.29 is 8.78 Å². The normalized spacial score (nSPS) is 14.6. The van der Waals surface area contributed by atoms with E-state index in [0.717, 1.165) is 25.5 Å². The second kappa shape index (κ2) is 6.34. The monoisotopic (exact) mass is 392 g/mol. The van der Waals surface area contributed by atoms with Crippen LogP contribution in [0.2, 0.25) is 0 Å². The van der Waals surface area contributed by atoms with Crippen LogP contribution in [-0.4, -0.2) is 30.2 Å². The van der Waals surface area contributed by atoms with Gasteiger partial charge in [0.1, 0.15) is 11.3 Å². The van der Waals surface area contributed by atoms with Crippen LogP contribution in [0.4, 0.5) is 8.78 Å². The standard InChI is InChI=1S/C21H18F2N6/c1-21(22,23)12-29-19(11-28-7-6-16(27-28)14-3-4-14)26-18-10-25-17-5-2-13(9-24)8-15(17)20(18)29/h2,5-8,10,14H,3-4,11-12H2,1H3. The van der Waals surface area contributed by atoms with Crippen molar-refractivity contribution in [3.8, 4) is 6.07 Å². The van der Waals surface area contributed by atoms with Crippen LogP contribution in [0, 0.1) is 11.3 Å². The van der Waals surface area contributed by atoms with Gasteiger partial charge in [-0.1, -0.05) is 0 Å². The molecule has 8 heteroatoms. The Hall–Kier alpha value is -3.34. The predicted molar refractivity (Wildman–Crippen MR) is 104 cm³/mol. The summed E-state index contributed by atoms with van der Waals surface area (Å²) < 4.78 is 31.4. The summed E-state index contributed by atoms with van der Waals surface area (Å²) in [5, 5.41) is 14.5. The Balaban J connectivity index is 1.68. The van der Waals surface area contributed by atoms with E-state index in [4.69, 9.17) is 0 Å². The van der Waals surface area contributed by atoms with Crippen molar-refractivity contribution in [2.75, 3.05) is 0 Å². The highest BCUT2D eigenvalue weighted by Gasteiger charge is 2.28. The first-order valence-corrected chi connectivity index (χ1v) is 9.50. The number of benzene rings is 1. The second-order valence-electron chi connectivity index (χ2n) is 7.73. The topological polar surface area (TPSA) is 72.3 Å². The van der Waals surface area contributed by atoms with Gasteiger partial charge in [0.05, 0.1) is 47.6 Å². The number of rotatable bonds is 5. The number of fused-ring (bicyclic) bond motifs is 3. The van der Waals surface area contributed by atoms with Gasteiger partial charge in [-0.05, 0) is 37.1 Å². The molecule has 0 bridgehead atoms. The van der Waals surface area contributed by atoms with Gasteiger partial charge in [0.15, 0.2) is 0 Å². The number of alkyl halides is 2. The number of imidazole rings is 1. The zero-order valence-electron chi connectivity index (χ0n) is 15.8. The molecule has 1 aromatic carbocycles. The quantitative estimate of drug-likeness (QED) is 0.509. The first kappa shape index (κ1) is 17.7. The molecule has 0 saturated heterocycles. The van der Waals surface area contributed by atoms with Crippen LogP contribution in [0.15, 0.2) is 36.7 Å². The maximum Gasteiger partial charge on any atom is 0.262 e. The molecule has 146 valence electrons. The number of aromatic nitrogens is 5. The average Bonchev–Trinajstić information content (AvgIpc) is 3.34. The molecule has 0 unspecified atom stereocenters. The summed E-state index contributed by atoms with van der Waals surface area (Å²) in [6.07, 6.45) is 5.76. The molecule has 4 aromatic rings. The molecule has 0 amide bonds. The van der Waals surface area contributed by atoms with Crippen LogP contribution in [0.5, 0.6) is 0 Å². The minimum Gasteiger partial charge on any atom is -0.320 e. The maximum atomic E-state index is 14.1. The molecular formula is C21H18F2N6. The molecule has 0 radical (unpaired) electrons. The molecule has 6 nitrogen and oxygen atoms in total. The Kier molecular flexibility index (Phi) is 3.88. The summed E-state index contributed by atoms with van der Waals surface area (Å²) in [5.74, 6) is -1.91. The van der Waals surface area contributed by atoms with Crippen molar-refractivity contribution in [2.24, 2.45) is 0 Å². The van der Waals surface area contributed by atoms with Gasteiger partial charge < -0.3 is 4.57 Å². The van der Waals surface area contributed by atoms with E-state index in [0.29, 0.717) is 39.2 Å². The molecule has 29 heavy (non-hydrogen) atoms. The van der Waals surface area contributed by atoms with Gasteiger partial charge >= 0.3 is 0 Å². The van der Waals surface area contributed by atoms with E-state index < -0.39 is 12.5 Å². The van der Waals surface area contributed by atoms with E-state index in [1.165, 1.54) is 0 Å². The maximum absolute atomic E-state index is 14.1. The zero-order valence-corrected chi connectivity index (χ0v) is 15.8. The van der Waals surface area contributed by atoms with E-state index >= 15 is 0 Å². The summed E-state index contributed by atoms with van der Waals surface area (Å²) in [7, 11) is 0. The van der Waals surface area contributed by atoms with Crippen molar-refractivity contribution in [3.05, 3.63) is 53.7 Å². The molecule has 1 aliphatic carbocycles. The molecule has 0 N–H and O–H groups in total. The van der Waals surface area contributed by atoms with Gasteiger partial charge in [-0.15, -0.1) is 0 Å². The third kappa shape index (κ3) is 3.33. The molecular weight excluding hydrogens is 374 g/mol. The van der Waals surface area contributed by atoms with Gasteiger partial charge in [0, 0.05) is 24.4 Å². The van der Waals surface area contributed by atoms with E-state index in [9.17, 15) is 14.0 Å². The highest BCUT2D eigenvalue weighted by atomic mass is 19.3. The van der Waals surface area contributed by atoms with E-state index in [1.54, 1.807) is 33.6 Å². The summed E-state index contributed by atoms with van der Waals surface area (Å²) >= 11 is 0. The predicted octanol–water partition coefficient (Wildman–Crippen LogP) is 4.23. The Morgan fingerprint density at radius 2 is 2.07 bits per heavy atom. The summed E-state index contributed by atoms with van der Waals surface area (Å²) in [6.45, 7) is 0.675. The minimum absolute atomic E-state index is 0.289. The lowest BCUT2D eigenvalue weighted by Gasteiger charge is -2.15. The molecule has 3 aromatic heterocycles. The second-order valence-corrected chi connectivity index (χ2v) is 7.73. The number of pyridine rings is 1. The van der Waals surface area contributed by atoms with Crippen LogP contribution < -0.4 is 0 Å². The average molecular weight is 392 g/mol. The lowest BCUT2D eigenvalue weighted by atomic mass is 10.1. The van der Waals surface area contributed by atoms with Crippen LogP contribution >= 0.6 is 0 Å². The van der Waals surface area contributed by atoms with Gasteiger partial charge in [0.25, 0.3) is 5.92 Å². The number of hydrogen-bond donors (Lipinski definition) is 0. The number of nitrogens with zero attached hydrogens (tertiary/aromatic N) is 6. The van der Waals surface area contributed by atoms with Crippen molar-refractivity contribution in [1.82, 2.24) is 24.3 Å².